The highest BCUT2D eigenvalue weighted by molar-refractivity contribution is 5.92. The van der Waals surface area contributed by atoms with Gasteiger partial charge in [0.05, 0.1) is 24.4 Å². The molecular weight excluding hydrogens is 552 g/mol. The Morgan fingerprint density at radius 1 is 1.09 bits per heavy atom. The lowest BCUT2D eigenvalue weighted by Gasteiger charge is -2.21. The van der Waals surface area contributed by atoms with E-state index in [-0.39, 0.29) is 42.6 Å². The number of nitrogens with zero attached hydrogens (tertiary/aromatic N) is 2. The molecule has 10 N–H and O–H groups in total. The van der Waals surface area contributed by atoms with Crippen LogP contribution < -0.4 is 37.9 Å². The van der Waals surface area contributed by atoms with Crippen molar-refractivity contribution in [2.75, 3.05) is 25.5 Å². The van der Waals surface area contributed by atoms with Crippen molar-refractivity contribution >= 4 is 40.3 Å². The van der Waals surface area contributed by atoms with Gasteiger partial charge >= 0.3 is 5.97 Å². The topological polar surface area (TPSA) is 220 Å². The van der Waals surface area contributed by atoms with Crippen LogP contribution in [0.15, 0.2) is 29.3 Å². The van der Waals surface area contributed by atoms with Crippen LogP contribution in [0, 0.1) is 0 Å². The number of nitrogens with two attached hydrogens (primary N) is 3. The third-order valence-corrected chi connectivity index (χ3v) is 6.89. The second-order valence-electron chi connectivity index (χ2n) is 11.7. The van der Waals surface area contributed by atoms with E-state index in [9.17, 15) is 19.5 Å². The van der Waals surface area contributed by atoms with E-state index in [1.165, 1.54) is 0 Å². The number of ether oxygens (including phenoxy) is 1. The number of hydrogen-bond acceptors (Lipinski definition) is 8. The van der Waals surface area contributed by atoms with E-state index in [0.717, 1.165) is 34.5 Å². The Hall–Kier alpha value is -4.13. The largest absolute Gasteiger partial charge is 0.497 e. The number of benzene rings is 1. The molecule has 1 aromatic heterocycles. The van der Waals surface area contributed by atoms with Gasteiger partial charge in [-0.05, 0) is 51.2 Å². The van der Waals surface area contributed by atoms with Crippen LogP contribution in [0.2, 0.25) is 0 Å². The molecule has 3 atom stereocenters. The normalized spacial score (nSPS) is 13.4. The number of carboxylic acids is 1. The highest BCUT2D eigenvalue weighted by Crippen LogP contribution is 2.31. The standard InChI is InChI=1S/C30H48N8O5/c1-18(36-23-17-20(43-5)16-19-10-12-24(30(2,3)4)38-26(19)23)8-6-14-34-25(39)13-11-22(28(41)42)37-27(40)21(31)9-7-15-35-29(32)33/h10,12,16-18,21-22,36H,6-9,11,13-15,31H2,1-5H3,(H,34,39)(H,37,40)(H,41,42)(H4,32,33,35)/t18?,21-,22+/m0/s1. The van der Waals surface area contributed by atoms with Gasteiger partial charge in [-0.3, -0.25) is 19.6 Å². The van der Waals surface area contributed by atoms with E-state index >= 15 is 0 Å². The fourth-order valence-corrected chi connectivity index (χ4v) is 4.38. The average Bonchev–Trinajstić information content (AvgIpc) is 2.94. The number of anilines is 1. The molecule has 238 valence electrons. The summed E-state index contributed by atoms with van der Waals surface area (Å²) in [6.45, 7) is 9.19. The summed E-state index contributed by atoms with van der Waals surface area (Å²) in [4.78, 5) is 45.0. The Labute approximate surface area is 253 Å². The lowest BCUT2D eigenvalue weighted by molar-refractivity contribution is -0.142. The number of fused-ring (bicyclic) bond motifs is 1. The molecule has 13 heteroatoms. The Morgan fingerprint density at radius 3 is 2.44 bits per heavy atom. The zero-order valence-electron chi connectivity index (χ0n) is 25.9. The first-order chi connectivity index (χ1) is 20.2. The number of nitrogens with one attached hydrogen (secondary N) is 3. The van der Waals surface area contributed by atoms with Crippen LogP contribution in [-0.2, 0) is 19.8 Å². The maximum absolute atomic E-state index is 12.4. The highest BCUT2D eigenvalue weighted by Gasteiger charge is 2.24. The summed E-state index contributed by atoms with van der Waals surface area (Å²) in [7, 11) is 1.63. The summed E-state index contributed by atoms with van der Waals surface area (Å²) >= 11 is 0. The van der Waals surface area contributed by atoms with Gasteiger partial charge in [0.2, 0.25) is 11.8 Å². The summed E-state index contributed by atoms with van der Waals surface area (Å²) in [5.74, 6) is -1.45. The third kappa shape index (κ3) is 11.9. The number of carboxylic acid groups (broad SMARTS) is 1. The summed E-state index contributed by atoms with van der Waals surface area (Å²) in [5, 5.41) is 19.2. The quantitative estimate of drug-likeness (QED) is 0.0794. The zero-order chi connectivity index (χ0) is 32.2. The number of guanidine groups is 1. The van der Waals surface area contributed by atoms with Crippen molar-refractivity contribution < 1.29 is 24.2 Å². The molecule has 2 amide bonds. The van der Waals surface area contributed by atoms with Crippen LogP contribution in [0.1, 0.15) is 71.9 Å². The van der Waals surface area contributed by atoms with Crippen molar-refractivity contribution in [1.29, 1.82) is 0 Å². The van der Waals surface area contributed by atoms with Crippen LogP contribution >= 0.6 is 0 Å². The van der Waals surface area contributed by atoms with Crippen molar-refractivity contribution in [3.63, 3.8) is 0 Å². The van der Waals surface area contributed by atoms with E-state index in [1.807, 2.05) is 18.2 Å². The van der Waals surface area contributed by atoms with Gasteiger partial charge in [-0.25, -0.2) is 4.79 Å². The number of pyridine rings is 1. The second-order valence-corrected chi connectivity index (χ2v) is 11.7. The highest BCUT2D eigenvalue weighted by atomic mass is 16.5. The van der Waals surface area contributed by atoms with Gasteiger partial charge < -0.3 is 43.0 Å². The van der Waals surface area contributed by atoms with E-state index in [2.05, 4.69) is 54.7 Å². The molecule has 1 unspecified atom stereocenters. The Bertz CT molecular complexity index is 1270. The SMILES string of the molecule is COc1cc(NC(C)CCCNC(=O)CC[C@@H](NC(=O)[C@@H](N)CCCN=C(N)N)C(=O)O)c2nc(C(C)(C)C)ccc2c1. The van der Waals surface area contributed by atoms with Gasteiger partial charge in [0.25, 0.3) is 0 Å². The number of aromatic nitrogens is 1. The van der Waals surface area contributed by atoms with Gasteiger partial charge in [-0.15, -0.1) is 0 Å². The molecule has 2 aromatic rings. The molecular formula is C30H48N8O5. The third-order valence-electron chi connectivity index (χ3n) is 6.89. The summed E-state index contributed by atoms with van der Waals surface area (Å²) in [6.07, 6.45) is 2.11. The van der Waals surface area contributed by atoms with Gasteiger partial charge in [0.15, 0.2) is 5.96 Å². The van der Waals surface area contributed by atoms with Gasteiger partial charge in [0.1, 0.15) is 11.8 Å². The first-order valence-corrected chi connectivity index (χ1v) is 14.6. The number of aliphatic carboxylic acids is 1. The molecule has 0 saturated carbocycles. The molecule has 0 aliphatic rings. The number of carbonyl (C=O) groups excluding carboxylic acids is 2. The van der Waals surface area contributed by atoms with Crippen LogP contribution in [0.25, 0.3) is 10.9 Å². The minimum absolute atomic E-state index is 0.0531. The lowest BCUT2D eigenvalue weighted by Crippen LogP contribution is -2.48. The predicted molar refractivity (Wildman–Crippen MR) is 169 cm³/mol. The molecule has 0 aliphatic heterocycles. The van der Waals surface area contributed by atoms with Crippen LogP contribution in [0.3, 0.4) is 0 Å². The predicted octanol–water partition coefficient (Wildman–Crippen LogP) is 1.97. The lowest BCUT2D eigenvalue weighted by atomic mass is 9.91. The summed E-state index contributed by atoms with van der Waals surface area (Å²) in [5.41, 5.74) is 19.0. The van der Waals surface area contributed by atoms with E-state index < -0.39 is 24.0 Å². The maximum Gasteiger partial charge on any atom is 0.326 e. The molecule has 1 aromatic carbocycles. The number of carbonyl (C=O) groups is 3. The van der Waals surface area contributed by atoms with E-state index in [1.54, 1.807) is 7.11 Å². The monoisotopic (exact) mass is 600 g/mol. The fraction of sp³-hybridized carbons (Fsp3) is 0.567. The molecule has 13 nitrogen and oxygen atoms in total. The minimum atomic E-state index is -1.23. The first kappa shape index (κ1) is 35.1. The molecule has 0 aliphatic carbocycles. The first-order valence-electron chi connectivity index (χ1n) is 14.6. The molecule has 0 bridgehead atoms. The Morgan fingerprint density at radius 2 is 1.81 bits per heavy atom. The van der Waals surface area contributed by atoms with Gasteiger partial charge in [-0.1, -0.05) is 26.8 Å². The van der Waals surface area contributed by atoms with Gasteiger partial charge in [0, 0.05) is 48.1 Å². The number of methoxy groups -OCH3 is 1. The minimum Gasteiger partial charge on any atom is -0.497 e. The van der Waals surface area contributed by atoms with Gasteiger partial charge in [-0.2, -0.15) is 0 Å². The molecule has 1 heterocycles. The fourth-order valence-electron chi connectivity index (χ4n) is 4.38. The average molecular weight is 601 g/mol. The van der Waals surface area contributed by atoms with Crippen molar-refractivity contribution in [3.8, 4) is 5.75 Å². The number of hydrogen-bond donors (Lipinski definition) is 7. The molecule has 0 fully saturated rings. The molecule has 0 saturated heterocycles. The number of rotatable bonds is 17. The van der Waals surface area contributed by atoms with Crippen molar-refractivity contribution in [3.05, 3.63) is 30.0 Å². The van der Waals surface area contributed by atoms with Crippen LogP contribution in [0.5, 0.6) is 5.75 Å². The van der Waals surface area contributed by atoms with Crippen LogP contribution in [0.4, 0.5) is 5.69 Å². The van der Waals surface area contributed by atoms with Crippen LogP contribution in [-0.4, -0.2) is 72.2 Å². The van der Waals surface area contributed by atoms with Crippen molar-refractivity contribution in [2.45, 2.75) is 89.8 Å². The van der Waals surface area contributed by atoms with Crippen molar-refractivity contribution in [1.82, 2.24) is 15.6 Å². The maximum atomic E-state index is 12.4. The second kappa shape index (κ2) is 16.5. The Kier molecular flexibility index (Phi) is 13.5. The molecule has 0 spiro atoms. The summed E-state index contributed by atoms with van der Waals surface area (Å²) in [6, 6.07) is 5.95. The number of aliphatic imine (C=N–C) groups is 1. The molecule has 0 radical (unpaired) electrons. The van der Waals surface area contributed by atoms with E-state index in [0.29, 0.717) is 25.9 Å². The van der Waals surface area contributed by atoms with Crippen molar-refractivity contribution in [2.24, 2.45) is 22.2 Å². The molecule has 43 heavy (non-hydrogen) atoms. The summed E-state index contributed by atoms with van der Waals surface area (Å²) < 4.78 is 5.49. The molecule has 2 rings (SSSR count). The zero-order valence-corrected chi connectivity index (χ0v) is 25.9. The van der Waals surface area contributed by atoms with E-state index in [4.69, 9.17) is 26.9 Å². The Balaban J connectivity index is 1.82. The smallest absolute Gasteiger partial charge is 0.326 e. The number of amides is 2.